The van der Waals surface area contributed by atoms with Crippen LogP contribution in [0.25, 0.3) is 0 Å². The van der Waals surface area contributed by atoms with Gasteiger partial charge in [0, 0.05) is 0 Å². The van der Waals surface area contributed by atoms with Crippen molar-refractivity contribution in [3.63, 3.8) is 0 Å². The molecule has 0 aliphatic carbocycles. The van der Waals surface area contributed by atoms with Crippen LogP contribution in [0.15, 0.2) is 0 Å². The second-order valence-corrected chi connectivity index (χ2v) is 4.19. The molecule has 0 saturated carbocycles. The molecule has 106 valence electrons. The van der Waals surface area contributed by atoms with Gasteiger partial charge in [-0.3, -0.25) is 0 Å². The lowest BCUT2D eigenvalue weighted by Gasteiger charge is -2.19. The van der Waals surface area contributed by atoms with E-state index in [1.165, 1.54) is 0 Å². The zero-order valence-electron chi connectivity index (χ0n) is 10.8. The average molecular weight is 262 g/mol. The van der Waals surface area contributed by atoms with Crippen LogP contribution >= 0.6 is 0 Å². The van der Waals surface area contributed by atoms with E-state index < -0.39 is 24.1 Å². The summed E-state index contributed by atoms with van der Waals surface area (Å²) in [4.78, 5) is 21.8. The number of aliphatic carboxylic acids is 1. The number of rotatable bonds is 9. The van der Waals surface area contributed by atoms with Crippen molar-refractivity contribution >= 4 is 11.9 Å². The quantitative estimate of drug-likeness (QED) is 0.417. The van der Waals surface area contributed by atoms with Crippen molar-refractivity contribution in [3.05, 3.63) is 0 Å². The summed E-state index contributed by atoms with van der Waals surface area (Å²) in [7, 11) is 0. The number of carbonyl (C=O) groups excluding carboxylic acids is 1. The molecule has 0 saturated heterocycles. The van der Waals surface area contributed by atoms with Gasteiger partial charge in [-0.15, -0.1) is 0 Å². The second kappa shape index (κ2) is 8.88. The van der Waals surface area contributed by atoms with E-state index in [1.54, 1.807) is 0 Å². The number of ether oxygens (including phenoxy) is 1. The molecule has 0 spiro atoms. The predicted octanol–water partition coefficient (Wildman–Crippen LogP) is 0.695. The van der Waals surface area contributed by atoms with Crippen LogP contribution in [0.2, 0.25) is 0 Å². The number of aliphatic hydroxyl groups is 2. The Morgan fingerprint density at radius 1 is 1.11 bits per heavy atom. The summed E-state index contributed by atoms with van der Waals surface area (Å²) in [6.45, 7) is 3.89. The molecule has 0 aliphatic rings. The van der Waals surface area contributed by atoms with Gasteiger partial charge < -0.3 is 20.1 Å². The van der Waals surface area contributed by atoms with E-state index in [4.69, 9.17) is 14.9 Å². The number of hydrogen-bond acceptors (Lipinski definition) is 5. The SMILES string of the molecule is CCCCCC(CC)OC(=O)C(O)C(O)C(=O)O. The van der Waals surface area contributed by atoms with Crippen molar-refractivity contribution in [2.24, 2.45) is 0 Å². The molecule has 0 aromatic heterocycles. The summed E-state index contributed by atoms with van der Waals surface area (Å²) in [6, 6.07) is 0. The van der Waals surface area contributed by atoms with Gasteiger partial charge in [0.1, 0.15) is 6.10 Å². The van der Waals surface area contributed by atoms with Crippen molar-refractivity contribution in [1.29, 1.82) is 0 Å². The standard InChI is InChI=1S/C12H22O6/c1-3-5-6-7-8(4-2)18-12(17)10(14)9(13)11(15)16/h8-10,13-14H,3-7H2,1-2H3,(H,15,16). The maximum Gasteiger partial charge on any atom is 0.338 e. The number of aliphatic hydroxyl groups excluding tert-OH is 2. The predicted molar refractivity (Wildman–Crippen MR) is 64.0 cm³/mol. The summed E-state index contributed by atoms with van der Waals surface area (Å²) in [5.41, 5.74) is 0. The third-order valence-electron chi connectivity index (χ3n) is 2.66. The van der Waals surface area contributed by atoms with Gasteiger partial charge in [-0.1, -0.05) is 26.7 Å². The molecule has 0 bridgehead atoms. The minimum absolute atomic E-state index is 0.348. The fourth-order valence-electron chi connectivity index (χ4n) is 1.47. The van der Waals surface area contributed by atoms with Crippen LogP contribution < -0.4 is 0 Å². The molecule has 3 unspecified atom stereocenters. The third kappa shape index (κ3) is 5.97. The fraction of sp³-hybridized carbons (Fsp3) is 0.833. The van der Waals surface area contributed by atoms with Gasteiger partial charge in [0.25, 0.3) is 0 Å². The van der Waals surface area contributed by atoms with Gasteiger partial charge in [0.05, 0.1) is 0 Å². The topological polar surface area (TPSA) is 104 Å². The summed E-state index contributed by atoms with van der Waals surface area (Å²) < 4.78 is 4.97. The molecule has 3 N–H and O–H groups in total. The summed E-state index contributed by atoms with van der Waals surface area (Å²) in [5.74, 6) is -2.74. The van der Waals surface area contributed by atoms with E-state index in [2.05, 4.69) is 6.92 Å². The van der Waals surface area contributed by atoms with Crippen molar-refractivity contribution in [1.82, 2.24) is 0 Å². The Balaban J connectivity index is 4.21. The molecule has 0 radical (unpaired) electrons. The molecule has 0 fully saturated rings. The maximum atomic E-state index is 11.4. The third-order valence-corrected chi connectivity index (χ3v) is 2.66. The Hall–Kier alpha value is -1.14. The molecule has 0 amide bonds. The Bertz CT molecular complexity index is 265. The highest BCUT2D eigenvalue weighted by molar-refractivity contribution is 5.84. The fourth-order valence-corrected chi connectivity index (χ4v) is 1.47. The van der Waals surface area contributed by atoms with E-state index in [0.29, 0.717) is 12.8 Å². The first-order chi connectivity index (χ1) is 8.43. The average Bonchev–Trinajstić information content (AvgIpc) is 2.35. The van der Waals surface area contributed by atoms with E-state index in [0.717, 1.165) is 19.3 Å². The van der Waals surface area contributed by atoms with Crippen LogP contribution in [0, 0.1) is 0 Å². The molecular weight excluding hydrogens is 240 g/mol. The van der Waals surface area contributed by atoms with Gasteiger partial charge >= 0.3 is 11.9 Å². The highest BCUT2D eigenvalue weighted by Gasteiger charge is 2.32. The molecule has 6 heteroatoms. The first-order valence-corrected chi connectivity index (χ1v) is 6.23. The van der Waals surface area contributed by atoms with Crippen LogP contribution in [0.3, 0.4) is 0 Å². The van der Waals surface area contributed by atoms with Gasteiger partial charge in [-0.25, -0.2) is 9.59 Å². The van der Waals surface area contributed by atoms with Crippen molar-refractivity contribution in [2.75, 3.05) is 0 Å². The summed E-state index contributed by atoms with van der Waals surface area (Å²) in [6.07, 6.45) is -0.302. The summed E-state index contributed by atoms with van der Waals surface area (Å²) in [5, 5.41) is 26.7. The summed E-state index contributed by atoms with van der Waals surface area (Å²) >= 11 is 0. The molecule has 6 nitrogen and oxygen atoms in total. The Kier molecular flexibility index (Phi) is 8.32. The highest BCUT2D eigenvalue weighted by Crippen LogP contribution is 2.11. The maximum absolute atomic E-state index is 11.4. The van der Waals surface area contributed by atoms with Crippen LogP contribution in [0.1, 0.15) is 46.0 Å². The van der Waals surface area contributed by atoms with Crippen LogP contribution in [0.4, 0.5) is 0 Å². The monoisotopic (exact) mass is 262 g/mol. The number of carboxylic acid groups (broad SMARTS) is 1. The zero-order chi connectivity index (χ0) is 14.1. The molecular formula is C12H22O6. The van der Waals surface area contributed by atoms with Crippen LogP contribution in [0.5, 0.6) is 0 Å². The first-order valence-electron chi connectivity index (χ1n) is 6.23. The van der Waals surface area contributed by atoms with Crippen LogP contribution in [-0.2, 0) is 14.3 Å². The molecule has 18 heavy (non-hydrogen) atoms. The lowest BCUT2D eigenvalue weighted by molar-refractivity contribution is -0.173. The van der Waals surface area contributed by atoms with Gasteiger partial charge in [0.15, 0.2) is 12.2 Å². The van der Waals surface area contributed by atoms with E-state index in [9.17, 15) is 14.7 Å². The molecule has 3 atom stereocenters. The lowest BCUT2D eigenvalue weighted by Crippen LogP contribution is -2.41. The Morgan fingerprint density at radius 3 is 2.17 bits per heavy atom. The Labute approximate surface area is 107 Å². The largest absolute Gasteiger partial charge is 0.479 e. The zero-order valence-corrected chi connectivity index (χ0v) is 10.8. The Morgan fingerprint density at radius 2 is 1.72 bits per heavy atom. The normalized spacial score (nSPS) is 15.8. The van der Waals surface area contributed by atoms with Gasteiger partial charge in [-0.2, -0.15) is 0 Å². The number of carbonyl (C=O) groups is 2. The number of esters is 1. The van der Waals surface area contributed by atoms with Gasteiger partial charge in [-0.05, 0) is 19.3 Å². The van der Waals surface area contributed by atoms with Crippen LogP contribution in [-0.4, -0.2) is 45.6 Å². The minimum atomic E-state index is -2.15. The lowest BCUT2D eigenvalue weighted by atomic mass is 10.1. The highest BCUT2D eigenvalue weighted by atomic mass is 16.6. The molecule has 0 aromatic rings. The second-order valence-electron chi connectivity index (χ2n) is 4.19. The van der Waals surface area contributed by atoms with Crippen molar-refractivity contribution < 1.29 is 29.6 Å². The number of hydrogen-bond donors (Lipinski definition) is 3. The van der Waals surface area contributed by atoms with E-state index in [-0.39, 0.29) is 6.10 Å². The molecule has 0 heterocycles. The van der Waals surface area contributed by atoms with Crippen molar-refractivity contribution in [2.45, 2.75) is 64.3 Å². The molecule has 0 aliphatic heterocycles. The minimum Gasteiger partial charge on any atom is -0.479 e. The van der Waals surface area contributed by atoms with Crippen molar-refractivity contribution in [3.8, 4) is 0 Å². The number of carboxylic acids is 1. The van der Waals surface area contributed by atoms with E-state index >= 15 is 0 Å². The van der Waals surface area contributed by atoms with E-state index in [1.807, 2.05) is 6.92 Å². The first kappa shape index (κ1) is 16.9. The molecule has 0 rings (SSSR count). The van der Waals surface area contributed by atoms with Gasteiger partial charge in [0.2, 0.25) is 0 Å². The smallest absolute Gasteiger partial charge is 0.338 e. The number of unbranched alkanes of at least 4 members (excludes halogenated alkanes) is 2. The molecule has 0 aromatic carbocycles.